The highest BCUT2D eigenvalue weighted by atomic mass is 127. The van der Waals surface area contributed by atoms with E-state index in [0.717, 1.165) is 3.57 Å². The van der Waals surface area contributed by atoms with Crippen molar-refractivity contribution in [3.8, 4) is 17.2 Å². The van der Waals surface area contributed by atoms with Crippen LogP contribution in [0.15, 0.2) is 39.9 Å². The first-order chi connectivity index (χ1) is 13.3. The molecule has 1 amide bonds. The van der Waals surface area contributed by atoms with Crippen molar-refractivity contribution >= 4 is 56.6 Å². The number of carbonyl (C=O) groups excluding carboxylic acids is 1. The molecule has 0 heterocycles. The molecule has 2 aromatic carbocycles. The minimum atomic E-state index is -1.10. The Hall–Kier alpha value is -2.34. The molecule has 10 heteroatoms. The van der Waals surface area contributed by atoms with E-state index in [4.69, 9.17) is 19.3 Å². The summed E-state index contributed by atoms with van der Waals surface area (Å²) in [5.74, 6) is -0.307. The zero-order chi connectivity index (χ0) is 20.7. The third kappa shape index (κ3) is 5.83. The first-order valence-corrected chi connectivity index (χ1v) is 9.62. The van der Waals surface area contributed by atoms with Crippen molar-refractivity contribution in [3.63, 3.8) is 0 Å². The SMILES string of the molecule is COc1cc(C(=O)N/N=C\c2cc(Br)c(OCC(=O)O)c(OC)c2)ccc1I. The van der Waals surface area contributed by atoms with Gasteiger partial charge in [0.25, 0.3) is 5.91 Å². The molecule has 0 aromatic heterocycles. The van der Waals surface area contributed by atoms with E-state index >= 15 is 0 Å². The summed E-state index contributed by atoms with van der Waals surface area (Å²) in [6.45, 7) is -0.502. The summed E-state index contributed by atoms with van der Waals surface area (Å²) >= 11 is 5.42. The highest BCUT2D eigenvalue weighted by Crippen LogP contribution is 2.36. The van der Waals surface area contributed by atoms with Gasteiger partial charge in [0.05, 0.1) is 28.5 Å². The number of nitrogens with zero attached hydrogens (tertiary/aromatic N) is 1. The molecule has 2 rings (SSSR count). The fraction of sp³-hybridized carbons (Fsp3) is 0.167. The Morgan fingerprint density at radius 2 is 1.93 bits per heavy atom. The Morgan fingerprint density at radius 3 is 2.57 bits per heavy atom. The van der Waals surface area contributed by atoms with Crippen LogP contribution in [-0.4, -0.2) is 44.0 Å². The molecule has 0 atom stereocenters. The van der Waals surface area contributed by atoms with Gasteiger partial charge >= 0.3 is 5.97 Å². The molecule has 2 aromatic rings. The number of halogens is 2. The summed E-state index contributed by atoms with van der Waals surface area (Å²) in [6, 6.07) is 8.33. The van der Waals surface area contributed by atoms with Gasteiger partial charge in [0, 0.05) is 5.56 Å². The summed E-state index contributed by atoms with van der Waals surface area (Å²) in [6.07, 6.45) is 1.43. The van der Waals surface area contributed by atoms with Gasteiger partial charge in [0.1, 0.15) is 5.75 Å². The van der Waals surface area contributed by atoms with Gasteiger partial charge in [-0.15, -0.1) is 0 Å². The van der Waals surface area contributed by atoms with Crippen LogP contribution in [0.3, 0.4) is 0 Å². The summed E-state index contributed by atoms with van der Waals surface area (Å²) in [7, 11) is 2.97. The lowest BCUT2D eigenvalue weighted by Crippen LogP contribution is -2.17. The third-order valence-electron chi connectivity index (χ3n) is 3.38. The number of amides is 1. The Bertz CT molecular complexity index is 919. The number of hydrogen-bond donors (Lipinski definition) is 2. The fourth-order valence-electron chi connectivity index (χ4n) is 2.12. The topological polar surface area (TPSA) is 106 Å². The van der Waals surface area contributed by atoms with Crippen molar-refractivity contribution in [2.75, 3.05) is 20.8 Å². The Balaban J connectivity index is 2.12. The van der Waals surface area contributed by atoms with Gasteiger partial charge in [-0.3, -0.25) is 4.79 Å². The lowest BCUT2D eigenvalue weighted by atomic mass is 10.2. The van der Waals surface area contributed by atoms with E-state index in [0.29, 0.717) is 27.1 Å². The molecule has 0 unspecified atom stereocenters. The normalized spacial score (nSPS) is 10.6. The van der Waals surface area contributed by atoms with E-state index in [2.05, 4.69) is 49.0 Å². The molecule has 0 saturated heterocycles. The molecule has 148 valence electrons. The van der Waals surface area contributed by atoms with Crippen LogP contribution in [0.1, 0.15) is 15.9 Å². The number of ether oxygens (including phenoxy) is 3. The molecule has 0 saturated carbocycles. The van der Waals surface area contributed by atoms with Gasteiger partial charge in [0.15, 0.2) is 18.1 Å². The van der Waals surface area contributed by atoms with Crippen LogP contribution in [0.5, 0.6) is 17.2 Å². The van der Waals surface area contributed by atoms with Crippen LogP contribution < -0.4 is 19.6 Å². The number of methoxy groups -OCH3 is 2. The molecule has 0 radical (unpaired) electrons. The van der Waals surface area contributed by atoms with Crippen molar-refractivity contribution in [2.45, 2.75) is 0 Å². The van der Waals surface area contributed by atoms with Crippen LogP contribution >= 0.6 is 38.5 Å². The largest absolute Gasteiger partial charge is 0.496 e. The van der Waals surface area contributed by atoms with Crippen molar-refractivity contribution in [3.05, 3.63) is 49.5 Å². The molecule has 28 heavy (non-hydrogen) atoms. The number of carboxylic acids is 1. The van der Waals surface area contributed by atoms with Gasteiger partial charge in [-0.1, -0.05) is 0 Å². The monoisotopic (exact) mass is 562 g/mol. The molecule has 2 N–H and O–H groups in total. The Kier molecular flexibility index (Phi) is 8.05. The third-order valence-corrected chi connectivity index (χ3v) is 4.87. The second-order valence-corrected chi connectivity index (χ2v) is 7.28. The summed E-state index contributed by atoms with van der Waals surface area (Å²) < 4.78 is 17.0. The van der Waals surface area contributed by atoms with Gasteiger partial charge < -0.3 is 19.3 Å². The second kappa shape index (κ2) is 10.3. The lowest BCUT2D eigenvalue weighted by molar-refractivity contribution is -0.139. The minimum absolute atomic E-state index is 0.261. The average Bonchev–Trinajstić information content (AvgIpc) is 2.66. The highest BCUT2D eigenvalue weighted by Gasteiger charge is 2.13. The van der Waals surface area contributed by atoms with Crippen molar-refractivity contribution < 1.29 is 28.9 Å². The molecule has 0 fully saturated rings. The summed E-state index contributed by atoms with van der Waals surface area (Å²) in [5.41, 5.74) is 3.45. The maximum absolute atomic E-state index is 12.2. The first kappa shape index (κ1) is 22.0. The van der Waals surface area contributed by atoms with Gasteiger partial charge in [-0.25, -0.2) is 10.2 Å². The smallest absolute Gasteiger partial charge is 0.341 e. The quantitative estimate of drug-likeness (QED) is 0.290. The van der Waals surface area contributed by atoms with E-state index in [9.17, 15) is 9.59 Å². The molecular formula is C18H16BrIN2O6. The predicted molar refractivity (Wildman–Crippen MR) is 115 cm³/mol. The number of rotatable bonds is 8. The van der Waals surface area contributed by atoms with Gasteiger partial charge in [0.2, 0.25) is 0 Å². The van der Waals surface area contributed by atoms with Crippen LogP contribution in [0.2, 0.25) is 0 Å². The number of carboxylic acid groups (broad SMARTS) is 1. The number of hydrogen-bond acceptors (Lipinski definition) is 6. The second-order valence-electron chi connectivity index (χ2n) is 5.26. The van der Waals surface area contributed by atoms with Crippen molar-refractivity contribution in [2.24, 2.45) is 5.10 Å². The van der Waals surface area contributed by atoms with Crippen LogP contribution in [0, 0.1) is 3.57 Å². The number of carbonyl (C=O) groups is 2. The maximum atomic E-state index is 12.2. The summed E-state index contributed by atoms with van der Waals surface area (Å²) in [5, 5.41) is 12.7. The Morgan fingerprint density at radius 1 is 1.21 bits per heavy atom. The number of benzene rings is 2. The molecule has 0 bridgehead atoms. The van der Waals surface area contributed by atoms with E-state index < -0.39 is 18.5 Å². The van der Waals surface area contributed by atoms with Crippen LogP contribution in [0.25, 0.3) is 0 Å². The lowest BCUT2D eigenvalue weighted by Gasteiger charge is -2.12. The predicted octanol–water partition coefficient (Wildman–Crippen LogP) is 3.30. The van der Waals surface area contributed by atoms with E-state index in [1.807, 2.05) is 0 Å². The highest BCUT2D eigenvalue weighted by molar-refractivity contribution is 14.1. The van der Waals surface area contributed by atoms with Crippen molar-refractivity contribution in [1.82, 2.24) is 5.43 Å². The number of nitrogens with one attached hydrogen (secondary N) is 1. The molecular weight excluding hydrogens is 547 g/mol. The molecule has 0 aliphatic heterocycles. The van der Waals surface area contributed by atoms with E-state index in [1.54, 1.807) is 30.3 Å². The molecule has 0 spiro atoms. The maximum Gasteiger partial charge on any atom is 0.341 e. The minimum Gasteiger partial charge on any atom is -0.496 e. The van der Waals surface area contributed by atoms with Crippen molar-refractivity contribution in [1.29, 1.82) is 0 Å². The van der Waals surface area contributed by atoms with E-state index in [1.165, 1.54) is 20.4 Å². The zero-order valence-electron chi connectivity index (χ0n) is 14.9. The van der Waals surface area contributed by atoms with Gasteiger partial charge in [-0.2, -0.15) is 5.10 Å². The first-order valence-electron chi connectivity index (χ1n) is 7.74. The summed E-state index contributed by atoms with van der Waals surface area (Å²) in [4.78, 5) is 22.9. The standard InChI is InChI=1S/C18H16BrIN2O6/c1-26-14-7-11(3-4-13(14)20)18(25)22-21-8-10-5-12(19)17(15(6-10)27-2)28-9-16(23)24/h3-8H,9H2,1-2H3,(H,22,25)(H,23,24)/b21-8-. The average molecular weight is 563 g/mol. The van der Waals surface area contributed by atoms with E-state index in [-0.39, 0.29) is 5.75 Å². The number of aliphatic carboxylic acids is 1. The molecule has 8 nitrogen and oxygen atoms in total. The van der Waals surface area contributed by atoms with Crippen LogP contribution in [0.4, 0.5) is 0 Å². The molecule has 0 aliphatic carbocycles. The van der Waals surface area contributed by atoms with Crippen LogP contribution in [-0.2, 0) is 4.79 Å². The molecule has 0 aliphatic rings. The zero-order valence-corrected chi connectivity index (χ0v) is 18.6. The van der Waals surface area contributed by atoms with Gasteiger partial charge in [-0.05, 0) is 74.4 Å². The Labute approximate surface area is 183 Å². The number of hydrazone groups is 1. The fourth-order valence-corrected chi connectivity index (χ4v) is 3.25.